The van der Waals surface area contributed by atoms with Crippen molar-refractivity contribution < 1.29 is 14.5 Å². The van der Waals surface area contributed by atoms with Gasteiger partial charge in [0, 0.05) is 18.7 Å². The summed E-state index contributed by atoms with van der Waals surface area (Å²) in [6, 6.07) is 3.97. The molecule has 0 saturated carbocycles. The van der Waals surface area contributed by atoms with Crippen molar-refractivity contribution in [2.45, 2.75) is 19.4 Å². The van der Waals surface area contributed by atoms with Crippen LogP contribution < -0.4 is 16.0 Å². The Bertz CT molecular complexity index is 652. The lowest BCUT2D eigenvalue weighted by molar-refractivity contribution is -0.385. The second-order valence-electron chi connectivity index (χ2n) is 5.72. The number of amides is 2. The van der Waals surface area contributed by atoms with E-state index in [4.69, 9.17) is 11.6 Å². The molecule has 1 saturated heterocycles. The second kappa shape index (κ2) is 8.07. The monoisotopic (exact) mass is 354 g/mol. The zero-order chi connectivity index (χ0) is 17.7. The number of benzene rings is 1. The van der Waals surface area contributed by atoms with E-state index in [-0.39, 0.29) is 29.1 Å². The molecule has 1 aromatic carbocycles. The maximum atomic E-state index is 12.2. The van der Waals surface area contributed by atoms with Crippen molar-refractivity contribution in [1.29, 1.82) is 0 Å². The smallest absolute Gasteiger partial charge is 0.283 e. The van der Waals surface area contributed by atoms with Crippen molar-refractivity contribution in [2.24, 2.45) is 5.92 Å². The van der Waals surface area contributed by atoms with Gasteiger partial charge in [-0.05, 0) is 24.9 Å². The molecule has 0 aromatic heterocycles. The quantitative estimate of drug-likeness (QED) is 0.541. The summed E-state index contributed by atoms with van der Waals surface area (Å²) in [6.07, 6.45) is 0.961. The van der Waals surface area contributed by atoms with Crippen molar-refractivity contribution in [2.75, 3.05) is 19.6 Å². The summed E-state index contributed by atoms with van der Waals surface area (Å²) in [6.45, 7) is 3.37. The minimum Gasteiger partial charge on any atom is -0.350 e. The topological polar surface area (TPSA) is 113 Å². The van der Waals surface area contributed by atoms with Crippen LogP contribution in [-0.4, -0.2) is 42.4 Å². The summed E-state index contributed by atoms with van der Waals surface area (Å²) in [5.74, 6) is -0.758. The number of nitro benzene ring substituents is 1. The van der Waals surface area contributed by atoms with Crippen LogP contribution in [0.2, 0.25) is 5.02 Å². The van der Waals surface area contributed by atoms with Gasteiger partial charge in [-0.3, -0.25) is 19.7 Å². The van der Waals surface area contributed by atoms with Crippen molar-refractivity contribution in [3.05, 3.63) is 38.9 Å². The summed E-state index contributed by atoms with van der Waals surface area (Å²) >= 11 is 5.88. The van der Waals surface area contributed by atoms with Gasteiger partial charge in [0.25, 0.3) is 11.6 Å². The highest BCUT2D eigenvalue weighted by Crippen LogP contribution is 2.25. The van der Waals surface area contributed by atoms with Gasteiger partial charge in [-0.15, -0.1) is 0 Å². The van der Waals surface area contributed by atoms with Crippen LogP contribution in [0.15, 0.2) is 18.2 Å². The van der Waals surface area contributed by atoms with Crippen LogP contribution in [0.5, 0.6) is 0 Å². The van der Waals surface area contributed by atoms with Crippen molar-refractivity contribution in [1.82, 2.24) is 16.0 Å². The summed E-state index contributed by atoms with van der Waals surface area (Å²) < 4.78 is 0. The molecule has 0 aliphatic carbocycles. The first-order chi connectivity index (χ1) is 11.4. The van der Waals surface area contributed by atoms with Crippen LogP contribution >= 0.6 is 11.6 Å². The molecule has 24 heavy (non-hydrogen) atoms. The predicted molar refractivity (Wildman–Crippen MR) is 89.0 cm³/mol. The molecular formula is C15H19ClN4O4. The fraction of sp³-hybridized carbons (Fsp3) is 0.467. The molecule has 0 radical (unpaired) electrons. The molecular weight excluding hydrogens is 336 g/mol. The Balaban J connectivity index is 1.96. The minimum atomic E-state index is -0.753. The van der Waals surface area contributed by atoms with Crippen LogP contribution in [0.4, 0.5) is 5.69 Å². The Morgan fingerprint density at radius 2 is 2.21 bits per heavy atom. The average Bonchev–Trinajstić information content (AvgIpc) is 2.54. The SMILES string of the molecule is CC1CCNCC1NC(=O)CNC(=O)c1c(Cl)cccc1[N+](=O)[O-]. The summed E-state index contributed by atoms with van der Waals surface area (Å²) in [5, 5.41) is 19.4. The number of piperidine rings is 1. The molecule has 9 heteroatoms. The Kier molecular flexibility index (Phi) is 6.10. The van der Waals surface area contributed by atoms with E-state index in [0.29, 0.717) is 12.5 Å². The summed E-state index contributed by atoms with van der Waals surface area (Å²) in [7, 11) is 0. The molecule has 1 aliphatic rings. The number of carbonyl (C=O) groups excluding carboxylic acids is 2. The molecule has 0 bridgehead atoms. The number of hydrogen-bond donors (Lipinski definition) is 3. The molecule has 8 nitrogen and oxygen atoms in total. The Morgan fingerprint density at radius 1 is 1.46 bits per heavy atom. The molecule has 1 fully saturated rings. The zero-order valence-corrected chi connectivity index (χ0v) is 13.9. The van der Waals surface area contributed by atoms with Crippen molar-refractivity contribution in [3.8, 4) is 0 Å². The summed E-state index contributed by atoms with van der Waals surface area (Å²) in [5.41, 5.74) is -0.643. The Labute approximate surface area is 144 Å². The number of nitro groups is 1. The van der Waals surface area contributed by atoms with Crippen molar-refractivity contribution in [3.63, 3.8) is 0 Å². The van der Waals surface area contributed by atoms with E-state index in [1.165, 1.54) is 18.2 Å². The highest BCUT2D eigenvalue weighted by Gasteiger charge is 2.25. The zero-order valence-electron chi connectivity index (χ0n) is 13.2. The minimum absolute atomic E-state index is 0.00204. The maximum absolute atomic E-state index is 12.2. The molecule has 1 heterocycles. The van der Waals surface area contributed by atoms with Gasteiger partial charge in [0.15, 0.2) is 0 Å². The first kappa shape index (κ1) is 18.2. The van der Waals surface area contributed by atoms with E-state index in [1.54, 1.807) is 0 Å². The van der Waals surface area contributed by atoms with Crippen LogP contribution in [0.3, 0.4) is 0 Å². The normalized spacial score (nSPS) is 20.2. The van der Waals surface area contributed by atoms with Crippen molar-refractivity contribution >= 4 is 29.1 Å². The van der Waals surface area contributed by atoms with E-state index >= 15 is 0 Å². The van der Waals surface area contributed by atoms with E-state index in [2.05, 4.69) is 22.9 Å². The molecule has 130 valence electrons. The standard InChI is InChI=1S/C15H19ClN4O4/c1-9-5-6-17-7-11(9)19-13(21)8-18-15(22)14-10(16)3-2-4-12(14)20(23)24/h2-4,9,11,17H,5-8H2,1H3,(H,18,22)(H,19,21). The highest BCUT2D eigenvalue weighted by molar-refractivity contribution is 6.34. The van der Waals surface area contributed by atoms with E-state index in [1.807, 2.05) is 0 Å². The Hall–Kier alpha value is -2.19. The first-order valence-electron chi connectivity index (χ1n) is 7.61. The van der Waals surface area contributed by atoms with Crippen LogP contribution in [0.25, 0.3) is 0 Å². The molecule has 3 N–H and O–H groups in total. The number of nitrogens with one attached hydrogen (secondary N) is 3. The van der Waals surface area contributed by atoms with Crippen LogP contribution in [0.1, 0.15) is 23.7 Å². The van der Waals surface area contributed by atoms with E-state index in [0.717, 1.165) is 13.0 Å². The third-order valence-electron chi connectivity index (χ3n) is 4.00. The van der Waals surface area contributed by atoms with Gasteiger partial charge in [0.05, 0.1) is 16.5 Å². The molecule has 2 rings (SSSR count). The van der Waals surface area contributed by atoms with Crippen LogP contribution in [-0.2, 0) is 4.79 Å². The van der Waals surface area contributed by atoms with Gasteiger partial charge < -0.3 is 16.0 Å². The van der Waals surface area contributed by atoms with Crippen LogP contribution in [0, 0.1) is 16.0 Å². The van der Waals surface area contributed by atoms with E-state index in [9.17, 15) is 19.7 Å². The van der Waals surface area contributed by atoms with Gasteiger partial charge in [-0.1, -0.05) is 24.6 Å². The molecule has 2 unspecified atom stereocenters. The molecule has 0 spiro atoms. The predicted octanol–water partition coefficient (Wildman–Crippen LogP) is 1.09. The third kappa shape index (κ3) is 4.42. The number of nitrogens with zero attached hydrogens (tertiary/aromatic N) is 1. The van der Waals surface area contributed by atoms with Gasteiger partial charge in [-0.25, -0.2) is 0 Å². The van der Waals surface area contributed by atoms with Gasteiger partial charge in [-0.2, -0.15) is 0 Å². The van der Waals surface area contributed by atoms with Gasteiger partial charge in [0.1, 0.15) is 5.56 Å². The number of hydrogen-bond acceptors (Lipinski definition) is 5. The number of carbonyl (C=O) groups is 2. The molecule has 1 aliphatic heterocycles. The number of rotatable bonds is 5. The average molecular weight is 355 g/mol. The first-order valence-corrected chi connectivity index (χ1v) is 7.99. The van der Waals surface area contributed by atoms with E-state index < -0.39 is 16.5 Å². The van der Waals surface area contributed by atoms with Gasteiger partial charge in [0.2, 0.25) is 5.91 Å². The molecule has 1 aromatic rings. The fourth-order valence-electron chi connectivity index (χ4n) is 2.58. The summed E-state index contributed by atoms with van der Waals surface area (Å²) in [4.78, 5) is 34.4. The molecule has 2 atom stereocenters. The third-order valence-corrected chi connectivity index (χ3v) is 4.31. The lowest BCUT2D eigenvalue weighted by Gasteiger charge is -2.30. The highest BCUT2D eigenvalue weighted by atomic mass is 35.5. The fourth-order valence-corrected chi connectivity index (χ4v) is 2.83. The second-order valence-corrected chi connectivity index (χ2v) is 6.13. The maximum Gasteiger partial charge on any atom is 0.283 e. The lowest BCUT2D eigenvalue weighted by atomic mass is 9.95. The Morgan fingerprint density at radius 3 is 2.88 bits per heavy atom. The largest absolute Gasteiger partial charge is 0.350 e. The lowest BCUT2D eigenvalue weighted by Crippen LogP contribution is -2.52. The van der Waals surface area contributed by atoms with Gasteiger partial charge >= 0.3 is 0 Å². The molecule has 2 amide bonds. The number of halogens is 1.